The summed E-state index contributed by atoms with van der Waals surface area (Å²) in [4.78, 5) is 3.30. The van der Waals surface area contributed by atoms with E-state index in [9.17, 15) is 0 Å². The molecule has 0 aliphatic rings. The van der Waals surface area contributed by atoms with Crippen LogP contribution in [0.25, 0.3) is 0 Å². The molecule has 0 atom stereocenters. The molecule has 0 aromatic heterocycles. The van der Waals surface area contributed by atoms with Gasteiger partial charge >= 0.3 is 0 Å². The van der Waals surface area contributed by atoms with E-state index in [-0.39, 0.29) is 0 Å². The van der Waals surface area contributed by atoms with Crippen molar-refractivity contribution in [3.05, 3.63) is 0 Å². The summed E-state index contributed by atoms with van der Waals surface area (Å²) in [5.74, 6) is -0.817. The van der Waals surface area contributed by atoms with E-state index in [2.05, 4.69) is 4.89 Å². The lowest BCUT2D eigenvalue weighted by atomic mass is 10.8. The average Bonchev–Trinajstić information content (AvgIpc) is 1.62. The zero-order valence-corrected chi connectivity index (χ0v) is 5.76. The van der Waals surface area contributed by atoms with Gasteiger partial charge in [-0.2, -0.15) is 0 Å². The Morgan fingerprint density at radius 2 is 1.88 bits per heavy atom. The van der Waals surface area contributed by atoms with Gasteiger partial charge in [0, 0.05) is 0 Å². The third-order valence-corrected chi connectivity index (χ3v) is 0.864. The lowest BCUT2D eigenvalue weighted by molar-refractivity contribution is -0.157. The van der Waals surface area contributed by atoms with Crippen LogP contribution in [0.5, 0.6) is 0 Å². The molecular weight excluding hydrogens is 176 g/mol. The lowest BCUT2D eigenvalue weighted by Gasteiger charge is -2.06. The molecule has 0 amide bonds. The summed E-state index contributed by atoms with van der Waals surface area (Å²) in [5.41, 5.74) is 0. The molecule has 0 aliphatic heterocycles. The molecule has 0 aromatic rings. The average molecular weight is 178 g/mol. The first-order valence-electron chi connectivity index (χ1n) is 1.45. The van der Waals surface area contributed by atoms with E-state index in [1.54, 1.807) is 0 Å². The van der Waals surface area contributed by atoms with Crippen molar-refractivity contribution in [1.82, 2.24) is 0 Å². The van der Waals surface area contributed by atoms with Gasteiger partial charge in [0.05, 0.1) is 0 Å². The summed E-state index contributed by atoms with van der Waals surface area (Å²) < 4.78 is -1.96. The smallest absolute Gasteiger partial charge is 0.276 e. The van der Waals surface area contributed by atoms with Crippen molar-refractivity contribution in [1.29, 1.82) is 5.41 Å². The van der Waals surface area contributed by atoms with Crippen molar-refractivity contribution in [2.45, 2.75) is 3.79 Å². The molecule has 0 heterocycles. The minimum Gasteiger partial charge on any atom is -0.320 e. The Bertz CT molecular complexity index is 97.9. The van der Waals surface area contributed by atoms with Crippen molar-refractivity contribution in [2.75, 3.05) is 0 Å². The number of rotatable bonds is 0. The van der Waals surface area contributed by atoms with Gasteiger partial charge < -0.3 is 4.89 Å². The molecule has 0 saturated carbocycles. The van der Waals surface area contributed by atoms with Gasteiger partial charge in [-0.1, -0.05) is 34.8 Å². The fraction of sp³-hybridized carbons (Fsp3) is 0.500. The van der Waals surface area contributed by atoms with E-state index in [1.165, 1.54) is 0 Å². The first-order valence-corrected chi connectivity index (χ1v) is 2.59. The summed E-state index contributed by atoms with van der Waals surface area (Å²) in [5, 5.41) is 14.2. The minimum absolute atomic E-state index is 0.817. The van der Waals surface area contributed by atoms with Crippen molar-refractivity contribution >= 4 is 40.7 Å². The van der Waals surface area contributed by atoms with Crippen LogP contribution in [0.15, 0.2) is 0 Å². The highest BCUT2D eigenvalue weighted by Gasteiger charge is 2.28. The van der Waals surface area contributed by atoms with Crippen LogP contribution in [0.1, 0.15) is 0 Å². The Labute approximate surface area is 60.5 Å². The van der Waals surface area contributed by atoms with Crippen molar-refractivity contribution in [2.24, 2.45) is 0 Å². The summed E-state index contributed by atoms with van der Waals surface area (Å²) in [7, 11) is 0. The van der Waals surface area contributed by atoms with Gasteiger partial charge in [-0.25, -0.2) is 5.26 Å². The topological polar surface area (TPSA) is 53.3 Å². The Kier molecular flexibility index (Phi) is 2.83. The molecule has 0 radical (unpaired) electrons. The van der Waals surface area contributed by atoms with Crippen LogP contribution >= 0.6 is 34.8 Å². The SMILES string of the molecule is N=C(OO)C(Cl)(Cl)Cl. The Hall–Kier alpha value is 0.300. The maximum Gasteiger partial charge on any atom is 0.276 e. The lowest BCUT2D eigenvalue weighted by Crippen LogP contribution is -2.19. The second-order valence-electron chi connectivity index (χ2n) is 0.918. The van der Waals surface area contributed by atoms with Gasteiger partial charge in [0.1, 0.15) is 0 Å². The molecule has 8 heavy (non-hydrogen) atoms. The molecule has 0 spiro atoms. The molecule has 3 nitrogen and oxygen atoms in total. The van der Waals surface area contributed by atoms with Crippen LogP contribution in [0.4, 0.5) is 0 Å². The highest BCUT2D eigenvalue weighted by molar-refractivity contribution is 6.75. The summed E-state index contributed by atoms with van der Waals surface area (Å²) in [6.07, 6.45) is 0. The molecular formula is C2H2Cl3NO2. The molecule has 0 unspecified atom stereocenters. The molecule has 48 valence electrons. The number of halogens is 3. The number of hydrogen-bond acceptors (Lipinski definition) is 3. The van der Waals surface area contributed by atoms with E-state index < -0.39 is 9.69 Å². The first-order chi connectivity index (χ1) is 3.48. The Balaban J connectivity index is 3.82. The van der Waals surface area contributed by atoms with Crippen LogP contribution in [0.3, 0.4) is 0 Å². The van der Waals surface area contributed by atoms with E-state index in [0.717, 1.165) is 0 Å². The second kappa shape index (κ2) is 2.73. The predicted molar refractivity (Wildman–Crippen MR) is 31.7 cm³/mol. The molecule has 0 aromatic carbocycles. The standard InChI is InChI=1S/C2H2Cl3NO2/c3-2(4,5)1(6)8-7/h6-7H. The molecule has 0 aliphatic carbocycles. The van der Waals surface area contributed by atoms with Crippen LogP contribution in [-0.4, -0.2) is 14.9 Å². The van der Waals surface area contributed by atoms with Crippen molar-refractivity contribution in [3.63, 3.8) is 0 Å². The monoisotopic (exact) mass is 177 g/mol. The third-order valence-electron chi connectivity index (χ3n) is 0.349. The summed E-state index contributed by atoms with van der Waals surface area (Å²) >= 11 is 15.0. The molecule has 0 rings (SSSR count). The second-order valence-corrected chi connectivity index (χ2v) is 3.20. The Morgan fingerprint density at radius 1 is 1.50 bits per heavy atom. The zero-order valence-electron chi connectivity index (χ0n) is 3.49. The highest BCUT2D eigenvalue weighted by Crippen LogP contribution is 2.26. The Morgan fingerprint density at radius 3 is 1.88 bits per heavy atom. The van der Waals surface area contributed by atoms with Gasteiger partial charge in [-0.3, -0.25) is 5.41 Å². The number of alkyl halides is 3. The van der Waals surface area contributed by atoms with Gasteiger partial charge in [0.15, 0.2) is 0 Å². The summed E-state index contributed by atoms with van der Waals surface area (Å²) in [6.45, 7) is 0. The fourth-order valence-electron chi connectivity index (χ4n) is 0.0518. The third kappa shape index (κ3) is 2.57. The van der Waals surface area contributed by atoms with Crippen LogP contribution in [0.2, 0.25) is 0 Å². The molecule has 0 fully saturated rings. The number of hydrogen-bond donors (Lipinski definition) is 2. The van der Waals surface area contributed by atoms with Crippen molar-refractivity contribution < 1.29 is 10.1 Å². The van der Waals surface area contributed by atoms with E-state index in [4.69, 9.17) is 45.5 Å². The van der Waals surface area contributed by atoms with Gasteiger partial charge in [0.2, 0.25) is 0 Å². The maximum absolute atomic E-state index is 7.69. The summed E-state index contributed by atoms with van der Waals surface area (Å²) in [6, 6.07) is 0. The normalized spacial score (nSPS) is 11.0. The maximum atomic E-state index is 7.69. The van der Waals surface area contributed by atoms with Crippen LogP contribution in [-0.2, 0) is 4.89 Å². The highest BCUT2D eigenvalue weighted by atomic mass is 35.6. The van der Waals surface area contributed by atoms with Gasteiger partial charge in [-0.05, 0) is 0 Å². The predicted octanol–water partition coefficient (Wildman–Crippen LogP) is 1.82. The van der Waals surface area contributed by atoms with Crippen LogP contribution in [0, 0.1) is 5.41 Å². The molecule has 0 bridgehead atoms. The van der Waals surface area contributed by atoms with E-state index >= 15 is 0 Å². The minimum atomic E-state index is -1.96. The van der Waals surface area contributed by atoms with Gasteiger partial charge in [0.25, 0.3) is 9.69 Å². The number of nitrogens with one attached hydrogen (secondary N) is 1. The van der Waals surface area contributed by atoms with E-state index in [0.29, 0.717) is 0 Å². The zero-order chi connectivity index (χ0) is 6.78. The van der Waals surface area contributed by atoms with Crippen molar-refractivity contribution in [3.8, 4) is 0 Å². The molecule has 6 heteroatoms. The van der Waals surface area contributed by atoms with Crippen LogP contribution < -0.4 is 0 Å². The molecule has 0 saturated heterocycles. The largest absolute Gasteiger partial charge is 0.320 e. The van der Waals surface area contributed by atoms with E-state index in [1.807, 2.05) is 0 Å². The quantitative estimate of drug-likeness (QED) is 0.195. The fourth-order valence-corrected chi connectivity index (χ4v) is 0.155. The first kappa shape index (κ1) is 8.30. The van der Waals surface area contributed by atoms with Gasteiger partial charge in [-0.15, -0.1) is 0 Å². The molecule has 2 N–H and O–H groups in total.